The molecule has 0 amide bonds. The zero-order valence-electron chi connectivity index (χ0n) is 18.6. The Hall–Kier alpha value is -3.52. The summed E-state index contributed by atoms with van der Waals surface area (Å²) in [5, 5.41) is 8.86. The number of rotatable bonds is 8. The molecule has 5 heteroatoms. The Morgan fingerprint density at radius 2 is 1.76 bits per heavy atom. The molecular formula is C28H25F2NO2. The van der Waals surface area contributed by atoms with Gasteiger partial charge in [0.05, 0.1) is 11.6 Å². The summed E-state index contributed by atoms with van der Waals surface area (Å²) in [6, 6.07) is 15.0. The van der Waals surface area contributed by atoms with Crippen molar-refractivity contribution in [3.05, 3.63) is 88.0 Å². The van der Waals surface area contributed by atoms with E-state index < -0.39 is 23.2 Å². The highest BCUT2D eigenvalue weighted by molar-refractivity contribution is 5.94. The number of fused-ring (bicyclic) bond motifs is 3. The van der Waals surface area contributed by atoms with Crippen LogP contribution in [0, 0.1) is 23.0 Å². The van der Waals surface area contributed by atoms with Gasteiger partial charge in [0.15, 0.2) is 0 Å². The van der Waals surface area contributed by atoms with Crippen LogP contribution in [0.2, 0.25) is 0 Å². The van der Waals surface area contributed by atoms with E-state index >= 15 is 4.39 Å². The van der Waals surface area contributed by atoms with Crippen LogP contribution in [0.3, 0.4) is 0 Å². The Morgan fingerprint density at radius 1 is 1.00 bits per heavy atom. The van der Waals surface area contributed by atoms with E-state index in [0.717, 1.165) is 24.0 Å². The fourth-order valence-corrected chi connectivity index (χ4v) is 4.35. The van der Waals surface area contributed by atoms with Crippen LogP contribution < -0.4 is 4.74 Å². The first kappa shape index (κ1) is 22.7. The zero-order valence-corrected chi connectivity index (χ0v) is 18.6. The van der Waals surface area contributed by atoms with Gasteiger partial charge in [-0.25, -0.2) is 13.6 Å². The molecular weight excluding hydrogens is 420 g/mol. The number of ether oxygens (including phenoxy) is 1. The number of carbonyl (C=O) groups excluding carboxylic acids is 1. The predicted octanol–water partition coefficient (Wildman–Crippen LogP) is 7.14. The molecule has 0 aromatic heterocycles. The lowest BCUT2D eigenvalue weighted by molar-refractivity contribution is 0.0724. The minimum atomic E-state index is -1.10. The second-order valence-electron chi connectivity index (χ2n) is 8.43. The van der Waals surface area contributed by atoms with E-state index in [9.17, 15) is 9.18 Å². The van der Waals surface area contributed by atoms with Crippen LogP contribution in [0.25, 0.3) is 11.1 Å². The fraction of sp³-hybridized carbons (Fsp3) is 0.286. The average Bonchev–Trinajstić information content (AvgIpc) is 3.17. The Labute approximate surface area is 192 Å². The number of unbranched alkanes of at least 4 members (excludes halogenated alkanes) is 4. The van der Waals surface area contributed by atoms with Crippen LogP contribution in [0.1, 0.15) is 71.6 Å². The minimum Gasteiger partial charge on any atom is -0.423 e. The number of nitrogens with zero attached hydrogens (tertiary/aromatic N) is 1. The maximum absolute atomic E-state index is 15.3. The van der Waals surface area contributed by atoms with Gasteiger partial charge >= 0.3 is 5.97 Å². The molecule has 0 saturated carbocycles. The Bertz CT molecular complexity index is 1230. The smallest absolute Gasteiger partial charge is 0.349 e. The van der Waals surface area contributed by atoms with Gasteiger partial charge in [-0.2, -0.15) is 5.26 Å². The summed E-state index contributed by atoms with van der Waals surface area (Å²) in [6.45, 7) is 2.19. The van der Waals surface area contributed by atoms with Crippen molar-refractivity contribution < 1.29 is 18.3 Å². The summed E-state index contributed by atoms with van der Waals surface area (Å²) in [4.78, 5) is 12.6. The number of benzene rings is 3. The molecule has 168 valence electrons. The van der Waals surface area contributed by atoms with E-state index in [1.54, 1.807) is 0 Å². The van der Waals surface area contributed by atoms with Crippen molar-refractivity contribution in [1.29, 1.82) is 5.26 Å². The van der Waals surface area contributed by atoms with Crippen molar-refractivity contribution in [2.45, 2.75) is 51.9 Å². The first-order chi connectivity index (χ1) is 16.0. The summed E-state index contributed by atoms with van der Waals surface area (Å²) < 4.78 is 35.3. The number of aryl methyl sites for hydroxylation is 1. The van der Waals surface area contributed by atoms with Crippen LogP contribution in [0.4, 0.5) is 8.78 Å². The van der Waals surface area contributed by atoms with Gasteiger partial charge in [-0.3, -0.25) is 0 Å². The summed E-state index contributed by atoms with van der Waals surface area (Å²) in [7, 11) is 0. The van der Waals surface area contributed by atoms with Crippen molar-refractivity contribution in [3.8, 4) is 22.9 Å². The molecule has 1 aliphatic carbocycles. The Morgan fingerprint density at radius 3 is 2.48 bits per heavy atom. The maximum Gasteiger partial charge on any atom is 0.349 e. The molecule has 1 aliphatic rings. The summed E-state index contributed by atoms with van der Waals surface area (Å²) in [6.07, 6.45) is 7.28. The highest BCUT2D eigenvalue weighted by atomic mass is 19.1. The number of esters is 1. The molecule has 33 heavy (non-hydrogen) atoms. The van der Waals surface area contributed by atoms with Crippen LogP contribution in [0.15, 0.2) is 48.5 Å². The average molecular weight is 446 g/mol. The van der Waals surface area contributed by atoms with Crippen molar-refractivity contribution in [1.82, 2.24) is 0 Å². The molecule has 0 atom stereocenters. The van der Waals surface area contributed by atoms with Gasteiger partial charge < -0.3 is 4.74 Å². The molecule has 0 bridgehead atoms. The molecule has 0 radical (unpaired) electrons. The van der Waals surface area contributed by atoms with Crippen molar-refractivity contribution in [2.75, 3.05) is 0 Å². The zero-order chi connectivity index (χ0) is 23.4. The van der Waals surface area contributed by atoms with E-state index in [1.807, 2.05) is 18.2 Å². The van der Waals surface area contributed by atoms with Crippen molar-refractivity contribution in [3.63, 3.8) is 0 Å². The molecule has 3 nitrogen and oxygen atoms in total. The molecule has 0 saturated heterocycles. The van der Waals surface area contributed by atoms with Crippen LogP contribution in [0.5, 0.6) is 5.75 Å². The molecule has 3 aromatic carbocycles. The molecule has 4 rings (SSSR count). The largest absolute Gasteiger partial charge is 0.423 e. The standard InChI is InChI=1S/C28H25F2NO2/c1-2-3-4-5-6-7-18-10-13-22-20(14-18)15-24-23(22)16-25(29)26(27(24)30)28(32)33-21-11-8-19(17-31)9-12-21/h8-14,16H,2-7,15H2,1H3. The van der Waals surface area contributed by atoms with Gasteiger partial charge in [0.2, 0.25) is 0 Å². The highest BCUT2D eigenvalue weighted by Gasteiger charge is 2.30. The number of nitriles is 1. The third-order valence-electron chi connectivity index (χ3n) is 6.11. The number of carbonyl (C=O) groups is 1. The quantitative estimate of drug-likeness (QED) is 0.165. The van der Waals surface area contributed by atoms with E-state index in [4.69, 9.17) is 10.00 Å². The van der Waals surface area contributed by atoms with E-state index in [1.165, 1.54) is 61.6 Å². The predicted molar refractivity (Wildman–Crippen MR) is 123 cm³/mol. The lowest BCUT2D eigenvalue weighted by atomic mass is 9.99. The molecule has 0 aliphatic heterocycles. The second-order valence-corrected chi connectivity index (χ2v) is 8.43. The Balaban J connectivity index is 1.53. The molecule has 0 unspecified atom stereocenters. The van der Waals surface area contributed by atoms with Gasteiger partial charge in [0.25, 0.3) is 0 Å². The second kappa shape index (κ2) is 9.95. The summed E-state index contributed by atoms with van der Waals surface area (Å²) in [5.74, 6) is -2.80. The topological polar surface area (TPSA) is 50.1 Å². The highest BCUT2D eigenvalue weighted by Crippen LogP contribution is 2.40. The van der Waals surface area contributed by atoms with Crippen molar-refractivity contribution in [2.24, 2.45) is 0 Å². The van der Waals surface area contributed by atoms with Crippen LogP contribution in [-0.2, 0) is 12.8 Å². The summed E-state index contributed by atoms with van der Waals surface area (Å²) in [5.41, 5.74) is 3.46. The van der Waals surface area contributed by atoms with E-state index in [2.05, 4.69) is 13.0 Å². The molecule has 3 aromatic rings. The molecule has 0 fully saturated rings. The molecule has 0 heterocycles. The number of halogens is 2. The number of hydrogen-bond donors (Lipinski definition) is 0. The van der Waals surface area contributed by atoms with Crippen molar-refractivity contribution >= 4 is 5.97 Å². The fourth-order valence-electron chi connectivity index (χ4n) is 4.35. The van der Waals surface area contributed by atoms with Gasteiger partial charge in [-0.15, -0.1) is 0 Å². The van der Waals surface area contributed by atoms with Gasteiger partial charge in [0, 0.05) is 12.0 Å². The normalized spacial score (nSPS) is 11.6. The number of hydrogen-bond acceptors (Lipinski definition) is 3. The maximum atomic E-state index is 15.3. The lowest BCUT2D eigenvalue weighted by Gasteiger charge is -2.10. The van der Waals surface area contributed by atoms with E-state index in [0.29, 0.717) is 23.1 Å². The summed E-state index contributed by atoms with van der Waals surface area (Å²) >= 11 is 0. The van der Waals surface area contributed by atoms with Gasteiger partial charge in [0.1, 0.15) is 22.9 Å². The van der Waals surface area contributed by atoms with Crippen LogP contribution >= 0.6 is 0 Å². The van der Waals surface area contributed by atoms with Gasteiger partial charge in [-0.05, 0) is 65.4 Å². The minimum absolute atomic E-state index is 0.116. The van der Waals surface area contributed by atoms with E-state index in [-0.39, 0.29) is 5.75 Å². The third-order valence-corrected chi connectivity index (χ3v) is 6.11. The Kier molecular flexibility index (Phi) is 6.84. The first-order valence-corrected chi connectivity index (χ1v) is 11.4. The monoisotopic (exact) mass is 445 g/mol. The lowest BCUT2D eigenvalue weighted by Crippen LogP contribution is -2.14. The third kappa shape index (κ3) is 4.80. The SMILES string of the molecule is CCCCCCCc1ccc2c(c1)Cc1c-2cc(F)c(C(=O)Oc2ccc(C#N)cc2)c1F. The molecule has 0 spiro atoms. The molecule has 0 N–H and O–H groups in total. The first-order valence-electron chi connectivity index (χ1n) is 11.4. The van der Waals surface area contributed by atoms with Gasteiger partial charge in [-0.1, -0.05) is 50.8 Å². The van der Waals surface area contributed by atoms with Crippen LogP contribution in [-0.4, -0.2) is 5.97 Å².